The number of nitrogens with zero attached hydrogens (tertiary/aromatic N) is 1. The van der Waals surface area contributed by atoms with Crippen LogP contribution in [0.4, 0.5) is 13.2 Å². The van der Waals surface area contributed by atoms with Gasteiger partial charge < -0.3 is 0 Å². The summed E-state index contributed by atoms with van der Waals surface area (Å²) >= 11 is 0. The molecular weight excluding hydrogens is 279 g/mol. The van der Waals surface area contributed by atoms with Crippen molar-refractivity contribution in [1.29, 1.82) is 0 Å². The molecule has 1 aromatic carbocycles. The van der Waals surface area contributed by atoms with E-state index in [1.54, 1.807) is 0 Å². The Labute approximate surface area is 120 Å². The zero-order valence-corrected chi connectivity index (χ0v) is 11.2. The third-order valence-corrected chi connectivity index (χ3v) is 3.14. The van der Waals surface area contributed by atoms with Gasteiger partial charge in [-0.05, 0) is 24.5 Å². The maximum absolute atomic E-state index is 12.8. The van der Waals surface area contributed by atoms with Crippen LogP contribution < -0.4 is 0 Å². The molecule has 0 amide bonds. The van der Waals surface area contributed by atoms with Gasteiger partial charge in [-0.3, -0.25) is 9.78 Å². The summed E-state index contributed by atoms with van der Waals surface area (Å²) in [5, 5.41) is 0. The lowest BCUT2D eigenvalue weighted by Crippen LogP contribution is -2.13. The second-order valence-corrected chi connectivity index (χ2v) is 4.68. The number of carbonyl (C=O) groups excluding carboxylic acids is 1. The van der Waals surface area contributed by atoms with Gasteiger partial charge in [0.2, 0.25) is 0 Å². The number of hydrogen-bond acceptors (Lipinski definition) is 2. The van der Waals surface area contributed by atoms with Crippen LogP contribution in [0.1, 0.15) is 34.3 Å². The summed E-state index contributed by atoms with van der Waals surface area (Å²) in [4.78, 5) is 15.6. The van der Waals surface area contributed by atoms with Crippen LogP contribution in [-0.2, 0) is 12.6 Å². The lowest BCUT2D eigenvalue weighted by atomic mass is 10.0. The minimum Gasteiger partial charge on any atom is -0.294 e. The van der Waals surface area contributed by atoms with Crippen molar-refractivity contribution < 1.29 is 18.0 Å². The maximum atomic E-state index is 12.8. The van der Waals surface area contributed by atoms with E-state index in [4.69, 9.17) is 0 Å². The molecule has 0 aliphatic carbocycles. The van der Waals surface area contributed by atoms with Crippen LogP contribution in [-0.4, -0.2) is 10.8 Å². The quantitative estimate of drug-likeness (QED) is 0.769. The molecule has 0 bridgehead atoms. The molecule has 1 aromatic heterocycles. The number of ketones is 1. The molecule has 0 spiro atoms. The van der Waals surface area contributed by atoms with Crippen LogP contribution in [0.2, 0.25) is 0 Å². The highest BCUT2D eigenvalue weighted by atomic mass is 19.4. The topological polar surface area (TPSA) is 30.0 Å². The third-order valence-electron chi connectivity index (χ3n) is 3.14. The average Bonchev–Trinajstić information content (AvgIpc) is 2.47. The molecule has 0 atom stereocenters. The monoisotopic (exact) mass is 293 g/mol. The van der Waals surface area contributed by atoms with Crippen LogP contribution in [0, 0.1) is 0 Å². The van der Waals surface area contributed by atoms with Gasteiger partial charge in [-0.25, -0.2) is 0 Å². The Hall–Kier alpha value is -2.17. The van der Waals surface area contributed by atoms with Crippen LogP contribution in [0.3, 0.4) is 0 Å². The van der Waals surface area contributed by atoms with E-state index in [0.29, 0.717) is 12.8 Å². The Morgan fingerprint density at radius 2 is 1.81 bits per heavy atom. The van der Waals surface area contributed by atoms with E-state index >= 15 is 0 Å². The van der Waals surface area contributed by atoms with Crippen LogP contribution in [0.5, 0.6) is 0 Å². The predicted molar refractivity (Wildman–Crippen MR) is 72.9 cm³/mol. The number of carbonyl (C=O) groups is 1. The number of pyridine rings is 1. The molecule has 110 valence electrons. The molecular formula is C16H14F3NO. The fraction of sp³-hybridized carbons (Fsp3) is 0.250. The predicted octanol–water partition coefficient (Wildman–Crippen LogP) is 4.31. The zero-order chi connectivity index (χ0) is 15.3. The van der Waals surface area contributed by atoms with Gasteiger partial charge in [0.1, 0.15) is 0 Å². The lowest BCUT2D eigenvalue weighted by Gasteiger charge is -2.11. The van der Waals surface area contributed by atoms with Crippen molar-refractivity contribution in [3.63, 3.8) is 0 Å². The van der Waals surface area contributed by atoms with Gasteiger partial charge in [0.15, 0.2) is 5.78 Å². The Morgan fingerprint density at radius 3 is 2.48 bits per heavy atom. The maximum Gasteiger partial charge on any atom is 0.417 e. The Bertz CT molecular complexity index is 608. The first-order valence-electron chi connectivity index (χ1n) is 6.57. The molecule has 0 aliphatic heterocycles. The summed E-state index contributed by atoms with van der Waals surface area (Å²) in [5.74, 6) is -0.522. The average molecular weight is 293 g/mol. The highest BCUT2D eigenvalue weighted by molar-refractivity contribution is 5.97. The summed E-state index contributed by atoms with van der Waals surface area (Å²) in [7, 11) is 0. The van der Waals surface area contributed by atoms with E-state index in [0.717, 1.165) is 24.0 Å². The van der Waals surface area contributed by atoms with E-state index in [-0.39, 0.29) is 12.0 Å². The summed E-state index contributed by atoms with van der Waals surface area (Å²) in [6.45, 7) is 0. The standard InChI is InChI=1S/C16H14F3NO/c17-16(18,19)14-9-10-20-11-13(14)15(21)8-4-7-12-5-2-1-3-6-12/h1-3,5-6,9-11H,4,7-8H2. The summed E-state index contributed by atoms with van der Waals surface area (Å²) in [5.41, 5.74) is -0.201. The van der Waals surface area contributed by atoms with Crippen molar-refractivity contribution in [2.24, 2.45) is 0 Å². The first-order valence-corrected chi connectivity index (χ1v) is 6.57. The molecule has 0 saturated heterocycles. The van der Waals surface area contributed by atoms with E-state index in [2.05, 4.69) is 4.98 Å². The fourth-order valence-electron chi connectivity index (χ4n) is 2.10. The summed E-state index contributed by atoms with van der Waals surface area (Å²) < 4.78 is 38.4. The van der Waals surface area contributed by atoms with Gasteiger partial charge in [0.05, 0.1) is 5.56 Å². The largest absolute Gasteiger partial charge is 0.417 e. The highest BCUT2D eigenvalue weighted by Crippen LogP contribution is 2.32. The molecule has 1 heterocycles. The SMILES string of the molecule is O=C(CCCc1ccccc1)c1cnccc1C(F)(F)F. The zero-order valence-electron chi connectivity index (χ0n) is 11.2. The molecule has 5 heteroatoms. The van der Waals surface area contributed by atoms with Crippen molar-refractivity contribution in [3.05, 3.63) is 65.5 Å². The van der Waals surface area contributed by atoms with Crippen molar-refractivity contribution in [1.82, 2.24) is 4.98 Å². The van der Waals surface area contributed by atoms with E-state index in [1.165, 1.54) is 0 Å². The second-order valence-electron chi connectivity index (χ2n) is 4.68. The number of hydrogen-bond donors (Lipinski definition) is 0. The molecule has 0 saturated carbocycles. The van der Waals surface area contributed by atoms with Crippen LogP contribution in [0.25, 0.3) is 0 Å². The van der Waals surface area contributed by atoms with Crippen molar-refractivity contribution in [2.75, 3.05) is 0 Å². The van der Waals surface area contributed by atoms with Gasteiger partial charge in [-0.1, -0.05) is 30.3 Å². The van der Waals surface area contributed by atoms with E-state index in [9.17, 15) is 18.0 Å². The van der Waals surface area contributed by atoms with E-state index in [1.807, 2.05) is 30.3 Å². The van der Waals surface area contributed by atoms with Crippen LogP contribution >= 0.6 is 0 Å². The van der Waals surface area contributed by atoms with Crippen molar-refractivity contribution in [2.45, 2.75) is 25.4 Å². The number of rotatable bonds is 5. The molecule has 0 aliphatic rings. The molecule has 0 fully saturated rings. The Kier molecular flexibility index (Phi) is 4.73. The highest BCUT2D eigenvalue weighted by Gasteiger charge is 2.34. The molecule has 2 aromatic rings. The molecule has 0 radical (unpaired) electrons. The normalized spacial score (nSPS) is 11.4. The number of alkyl halides is 3. The molecule has 0 N–H and O–H groups in total. The number of Topliss-reactive ketones (excluding diaryl/α,β-unsaturated/α-hetero) is 1. The molecule has 2 rings (SSSR count). The summed E-state index contributed by atoms with van der Waals surface area (Å²) in [6.07, 6.45) is -1.25. The minimum absolute atomic E-state index is 0.0731. The van der Waals surface area contributed by atoms with Gasteiger partial charge in [-0.2, -0.15) is 13.2 Å². The number of aryl methyl sites for hydroxylation is 1. The second kappa shape index (κ2) is 6.52. The first kappa shape index (κ1) is 15.2. The Morgan fingerprint density at radius 1 is 1.10 bits per heavy atom. The van der Waals surface area contributed by atoms with Crippen LogP contribution in [0.15, 0.2) is 48.8 Å². The Balaban J connectivity index is 2.01. The third kappa shape index (κ3) is 4.15. The fourth-order valence-corrected chi connectivity index (χ4v) is 2.10. The summed E-state index contributed by atoms with van der Waals surface area (Å²) in [6, 6.07) is 10.4. The van der Waals surface area contributed by atoms with Gasteiger partial charge in [-0.15, -0.1) is 0 Å². The number of halogens is 3. The van der Waals surface area contributed by atoms with Gasteiger partial charge in [0, 0.05) is 24.4 Å². The van der Waals surface area contributed by atoms with Crippen molar-refractivity contribution >= 4 is 5.78 Å². The first-order chi connectivity index (χ1) is 9.98. The number of aromatic nitrogens is 1. The minimum atomic E-state index is -4.53. The van der Waals surface area contributed by atoms with E-state index < -0.39 is 17.5 Å². The molecule has 21 heavy (non-hydrogen) atoms. The van der Waals surface area contributed by atoms with Gasteiger partial charge in [0.25, 0.3) is 0 Å². The smallest absolute Gasteiger partial charge is 0.294 e. The molecule has 0 unspecified atom stereocenters. The molecule has 2 nitrogen and oxygen atoms in total. The lowest BCUT2D eigenvalue weighted by molar-refractivity contribution is -0.138. The van der Waals surface area contributed by atoms with Crippen molar-refractivity contribution in [3.8, 4) is 0 Å². The van der Waals surface area contributed by atoms with Gasteiger partial charge >= 0.3 is 6.18 Å². The number of benzene rings is 1.